The SMILES string of the molecule is CN(C(=O)OCC1c2ccccc2-c2ccccc21)C(CSC(c1ccccc1)(c1ccccc1)c1ccccc1)C(=O)O. The molecule has 6 rings (SSSR count). The number of aliphatic carboxylic acids is 1. The number of hydrogen-bond donors (Lipinski definition) is 1. The zero-order chi connectivity index (χ0) is 30.5. The Kier molecular flexibility index (Phi) is 8.53. The fraction of sp³-hybridized carbons (Fsp3) is 0.158. The number of fused-ring (bicyclic) bond motifs is 3. The van der Waals surface area contributed by atoms with Crippen molar-refractivity contribution in [2.45, 2.75) is 16.7 Å². The van der Waals surface area contributed by atoms with Crippen LogP contribution in [0.5, 0.6) is 0 Å². The van der Waals surface area contributed by atoms with Crippen LogP contribution in [-0.4, -0.2) is 47.5 Å². The van der Waals surface area contributed by atoms with Crippen LogP contribution < -0.4 is 0 Å². The number of thioether (sulfide) groups is 1. The van der Waals surface area contributed by atoms with Gasteiger partial charge in [-0.2, -0.15) is 0 Å². The first-order chi connectivity index (χ1) is 21.5. The molecule has 0 heterocycles. The Morgan fingerprint density at radius 2 is 1.11 bits per heavy atom. The minimum Gasteiger partial charge on any atom is -0.480 e. The Balaban J connectivity index is 1.26. The second-order valence-electron chi connectivity index (χ2n) is 10.9. The monoisotopic (exact) mass is 599 g/mol. The van der Waals surface area contributed by atoms with Crippen molar-refractivity contribution in [1.29, 1.82) is 0 Å². The third-order valence-corrected chi connectivity index (χ3v) is 10.00. The molecule has 6 heteroatoms. The zero-order valence-corrected chi connectivity index (χ0v) is 25.2. The number of carboxylic acids is 1. The van der Waals surface area contributed by atoms with Crippen LogP contribution in [-0.2, 0) is 14.3 Å². The van der Waals surface area contributed by atoms with Gasteiger partial charge in [-0.25, -0.2) is 9.59 Å². The first-order valence-electron chi connectivity index (χ1n) is 14.6. The van der Waals surface area contributed by atoms with Crippen LogP contribution in [0, 0.1) is 0 Å². The van der Waals surface area contributed by atoms with E-state index in [4.69, 9.17) is 4.74 Å². The van der Waals surface area contributed by atoms with Crippen molar-refractivity contribution in [3.63, 3.8) is 0 Å². The second-order valence-corrected chi connectivity index (χ2v) is 12.1. The number of ether oxygens (including phenoxy) is 1. The molecule has 5 aromatic rings. The normalized spacial score (nSPS) is 13.0. The van der Waals surface area contributed by atoms with Crippen LogP contribution in [0.2, 0.25) is 0 Å². The van der Waals surface area contributed by atoms with Crippen LogP contribution in [0.1, 0.15) is 33.7 Å². The molecule has 0 radical (unpaired) electrons. The predicted octanol–water partition coefficient (Wildman–Crippen LogP) is 8.05. The van der Waals surface area contributed by atoms with Crippen LogP contribution in [0.4, 0.5) is 4.79 Å². The third kappa shape index (κ3) is 5.49. The van der Waals surface area contributed by atoms with Crippen LogP contribution in [0.15, 0.2) is 140 Å². The lowest BCUT2D eigenvalue weighted by molar-refractivity contribution is -0.141. The molecule has 1 atom stereocenters. The largest absolute Gasteiger partial charge is 0.480 e. The summed E-state index contributed by atoms with van der Waals surface area (Å²) in [6.45, 7) is 0.124. The molecule has 1 N–H and O–H groups in total. The summed E-state index contributed by atoms with van der Waals surface area (Å²) in [7, 11) is 1.51. The van der Waals surface area contributed by atoms with E-state index in [1.54, 1.807) is 0 Å². The Hall–Kier alpha value is -4.81. The Bertz CT molecular complexity index is 1600. The summed E-state index contributed by atoms with van der Waals surface area (Å²) in [6, 6.07) is 45.4. The van der Waals surface area contributed by atoms with Crippen LogP contribution in [0.25, 0.3) is 11.1 Å². The highest BCUT2D eigenvalue weighted by Gasteiger charge is 2.40. The highest BCUT2D eigenvalue weighted by atomic mass is 32.2. The predicted molar refractivity (Wildman–Crippen MR) is 176 cm³/mol. The van der Waals surface area contributed by atoms with Gasteiger partial charge in [0.05, 0.1) is 4.75 Å². The van der Waals surface area contributed by atoms with Crippen LogP contribution in [0.3, 0.4) is 0 Å². The molecule has 0 aromatic heterocycles. The van der Waals surface area contributed by atoms with Gasteiger partial charge in [-0.1, -0.05) is 140 Å². The summed E-state index contributed by atoms with van der Waals surface area (Å²) in [6.07, 6.45) is -0.662. The smallest absolute Gasteiger partial charge is 0.410 e. The van der Waals surface area contributed by atoms with Gasteiger partial charge in [-0.05, 0) is 38.9 Å². The lowest BCUT2D eigenvalue weighted by Crippen LogP contribution is -2.45. The number of nitrogens with zero attached hydrogens (tertiary/aromatic N) is 1. The number of carbonyl (C=O) groups excluding carboxylic acids is 1. The Labute approximate surface area is 262 Å². The summed E-state index contributed by atoms with van der Waals surface area (Å²) in [4.78, 5) is 27.3. The number of likely N-dealkylation sites (N-methyl/N-ethyl adjacent to an activating group) is 1. The average molecular weight is 600 g/mol. The fourth-order valence-corrected chi connectivity index (χ4v) is 7.83. The van der Waals surface area contributed by atoms with Gasteiger partial charge in [0.15, 0.2) is 0 Å². The van der Waals surface area contributed by atoms with E-state index in [1.165, 1.54) is 23.7 Å². The molecule has 44 heavy (non-hydrogen) atoms. The molecule has 0 saturated carbocycles. The number of rotatable bonds is 10. The number of carboxylic acid groups (broad SMARTS) is 1. The third-order valence-electron chi connectivity index (χ3n) is 8.38. The van der Waals surface area contributed by atoms with Gasteiger partial charge in [0.1, 0.15) is 12.6 Å². The van der Waals surface area contributed by atoms with E-state index in [0.717, 1.165) is 38.9 Å². The molecule has 1 aliphatic carbocycles. The Morgan fingerprint density at radius 3 is 1.55 bits per heavy atom. The number of amides is 1. The van der Waals surface area contributed by atoms with Gasteiger partial charge in [0, 0.05) is 18.7 Å². The topological polar surface area (TPSA) is 66.8 Å². The van der Waals surface area contributed by atoms with E-state index in [2.05, 4.69) is 60.7 Å². The number of carbonyl (C=O) groups is 2. The quantitative estimate of drug-likeness (QED) is 0.165. The van der Waals surface area contributed by atoms with Crippen molar-refractivity contribution in [1.82, 2.24) is 4.90 Å². The van der Waals surface area contributed by atoms with Gasteiger partial charge < -0.3 is 9.84 Å². The van der Waals surface area contributed by atoms with E-state index in [1.807, 2.05) is 78.9 Å². The highest BCUT2D eigenvalue weighted by Crippen LogP contribution is 2.49. The average Bonchev–Trinajstić information content (AvgIpc) is 3.40. The molecule has 0 aliphatic heterocycles. The van der Waals surface area contributed by atoms with E-state index >= 15 is 0 Å². The maximum atomic E-state index is 13.4. The lowest BCUT2D eigenvalue weighted by Gasteiger charge is -2.37. The fourth-order valence-electron chi connectivity index (χ4n) is 6.14. The van der Waals surface area contributed by atoms with E-state index in [-0.39, 0.29) is 18.3 Å². The van der Waals surface area contributed by atoms with Crippen molar-refractivity contribution < 1.29 is 19.4 Å². The molecule has 0 fully saturated rings. The van der Waals surface area contributed by atoms with Gasteiger partial charge in [-0.15, -0.1) is 11.8 Å². The van der Waals surface area contributed by atoms with E-state index in [0.29, 0.717) is 0 Å². The molecule has 0 bridgehead atoms. The molecule has 5 nitrogen and oxygen atoms in total. The molecule has 0 spiro atoms. The highest BCUT2D eigenvalue weighted by molar-refractivity contribution is 8.00. The molecule has 1 amide bonds. The van der Waals surface area contributed by atoms with E-state index in [9.17, 15) is 14.7 Å². The van der Waals surface area contributed by atoms with Gasteiger partial charge in [0.25, 0.3) is 0 Å². The van der Waals surface area contributed by atoms with Crippen molar-refractivity contribution in [2.75, 3.05) is 19.4 Å². The second kappa shape index (κ2) is 12.8. The Morgan fingerprint density at radius 1 is 0.705 bits per heavy atom. The lowest BCUT2D eigenvalue weighted by atomic mass is 9.84. The molecular weight excluding hydrogens is 566 g/mol. The maximum Gasteiger partial charge on any atom is 0.410 e. The summed E-state index contributed by atoms with van der Waals surface area (Å²) in [5.41, 5.74) is 7.55. The van der Waals surface area contributed by atoms with E-state index < -0.39 is 22.9 Å². The van der Waals surface area contributed by atoms with Crippen LogP contribution >= 0.6 is 11.8 Å². The van der Waals surface area contributed by atoms with Gasteiger partial charge in [0.2, 0.25) is 0 Å². The molecule has 0 saturated heterocycles. The van der Waals surface area contributed by atoms with Gasteiger partial charge >= 0.3 is 12.1 Å². The minimum atomic E-state index is -1.12. The van der Waals surface area contributed by atoms with Crippen molar-refractivity contribution in [2.24, 2.45) is 0 Å². The first kappa shape index (κ1) is 29.3. The summed E-state index contributed by atoms with van der Waals surface area (Å²) in [5, 5.41) is 10.4. The summed E-state index contributed by atoms with van der Waals surface area (Å²) in [5.74, 6) is -1.06. The maximum absolute atomic E-state index is 13.4. The molecule has 1 unspecified atom stereocenters. The van der Waals surface area contributed by atoms with Crippen molar-refractivity contribution in [3.05, 3.63) is 167 Å². The molecular formula is C38H33NO4S. The zero-order valence-electron chi connectivity index (χ0n) is 24.4. The number of benzene rings is 5. The minimum absolute atomic E-state index is 0.112. The summed E-state index contributed by atoms with van der Waals surface area (Å²) < 4.78 is 5.12. The molecule has 220 valence electrons. The molecule has 5 aromatic carbocycles. The van der Waals surface area contributed by atoms with Crippen molar-refractivity contribution >= 4 is 23.8 Å². The standard InChI is InChI=1S/C38H33NO4S/c1-39(37(42)43-25-34-32-23-13-11-21-30(32)31-22-12-14-24-33(31)34)35(36(40)41)26-44-38(27-15-5-2-6-16-27,28-17-7-3-8-18-28)29-19-9-4-10-20-29/h2-24,34-35H,25-26H2,1H3,(H,40,41). The molecule has 1 aliphatic rings. The van der Waals surface area contributed by atoms with Gasteiger partial charge in [-0.3, -0.25) is 4.90 Å². The first-order valence-corrected chi connectivity index (χ1v) is 15.6. The van der Waals surface area contributed by atoms with Crippen molar-refractivity contribution in [3.8, 4) is 11.1 Å². The number of hydrogen-bond acceptors (Lipinski definition) is 4. The summed E-state index contributed by atoms with van der Waals surface area (Å²) >= 11 is 1.50.